The zero-order valence-electron chi connectivity index (χ0n) is 9.30. The van der Waals surface area contributed by atoms with Crippen molar-refractivity contribution in [2.45, 2.75) is 6.54 Å². The van der Waals surface area contributed by atoms with Crippen LogP contribution in [0, 0.1) is 0 Å². The first kappa shape index (κ1) is 11.0. The number of aromatic nitrogens is 4. The van der Waals surface area contributed by atoms with Crippen molar-refractivity contribution in [2.24, 2.45) is 0 Å². The van der Waals surface area contributed by atoms with Crippen LogP contribution < -0.4 is 5.56 Å². The molecule has 3 rings (SSSR count). The maximum absolute atomic E-state index is 12.1. The van der Waals surface area contributed by atoms with E-state index in [1.165, 1.54) is 10.9 Å². The summed E-state index contributed by atoms with van der Waals surface area (Å²) in [6.07, 6.45) is 3.03. The van der Waals surface area contributed by atoms with Gasteiger partial charge < -0.3 is 0 Å². The zero-order valence-corrected chi connectivity index (χ0v) is 10.1. The molecule has 1 aromatic carbocycles. The fourth-order valence-electron chi connectivity index (χ4n) is 1.79. The minimum absolute atomic E-state index is 0.131. The Hall–Kier alpha value is -2.14. The van der Waals surface area contributed by atoms with Crippen LogP contribution in [-0.2, 0) is 6.54 Å². The number of benzene rings is 1. The Labute approximate surface area is 107 Å². The number of halogens is 1. The van der Waals surface area contributed by atoms with Gasteiger partial charge in [0, 0.05) is 11.2 Å². The molecule has 0 fully saturated rings. The first-order valence-corrected chi connectivity index (χ1v) is 5.76. The Balaban J connectivity index is 2.08. The molecular weight excluding hydrogens is 252 g/mol. The van der Waals surface area contributed by atoms with Gasteiger partial charge in [-0.05, 0) is 11.6 Å². The molecule has 0 saturated carbocycles. The van der Waals surface area contributed by atoms with Gasteiger partial charge in [0.1, 0.15) is 11.7 Å². The fourth-order valence-corrected chi connectivity index (χ4v) is 1.99. The number of nitrogens with one attached hydrogen (secondary N) is 1. The van der Waals surface area contributed by atoms with E-state index in [9.17, 15) is 4.79 Å². The molecular formula is C12H9ClN4O. The van der Waals surface area contributed by atoms with Crippen molar-refractivity contribution in [3.8, 4) is 0 Å². The van der Waals surface area contributed by atoms with Gasteiger partial charge in [-0.1, -0.05) is 29.8 Å². The maximum atomic E-state index is 12.1. The van der Waals surface area contributed by atoms with Gasteiger partial charge in [-0.15, -0.1) is 0 Å². The largest absolute Gasteiger partial charge is 0.294 e. The topological polar surface area (TPSA) is 63.6 Å². The summed E-state index contributed by atoms with van der Waals surface area (Å²) in [5.41, 5.74) is 1.18. The predicted octanol–water partition coefficient (Wildman–Crippen LogP) is 1.82. The molecule has 2 heterocycles. The lowest BCUT2D eigenvalue weighted by Crippen LogP contribution is -2.20. The van der Waals surface area contributed by atoms with E-state index in [0.717, 1.165) is 5.56 Å². The molecule has 5 nitrogen and oxygen atoms in total. The van der Waals surface area contributed by atoms with Crippen LogP contribution in [0.2, 0.25) is 5.02 Å². The van der Waals surface area contributed by atoms with Crippen LogP contribution in [0.15, 0.2) is 41.6 Å². The summed E-state index contributed by atoms with van der Waals surface area (Å²) in [6.45, 7) is 0.395. The van der Waals surface area contributed by atoms with Gasteiger partial charge in [0.25, 0.3) is 5.56 Å². The highest BCUT2D eigenvalue weighted by molar-refractivity contribution is 6.31. The molecule has 0 amide bonds. The SMILES string of the molecule is O=c1c2c[nH]nc2ncn1Cc1ccccc1Cl. The number of nitrogens with zero attached hydrogens (tertiary/aromatic N) is 3. The van der Waals surface area contributed by atoms with E-state index >= 15 is 0 Å². The molecule has 0 unspecified atom stereocenters. The van der Waals surface area contributed by atoms with Crippen LogP contribution in [-0.4, -0.2) is 19.7 Å². The molecule has 0 radical (unpaired) electrons. The second kappa shape index (κ2) is 4.27. The van der Waals surface area contributed by atoms with Crippen molar-refractivity contribution in [1.82, 2.24) is 19.7 Å². The third-order valence-corrected chi connectivity index (χ3v) is 3.10. The number of rotatable bonds is 2. The summed E-state index contributed by atoms with van der Waals surface area (Å²) in [6, 6.07) is 7.42. The first-order valence-electron chi connectivity index (χ1n) is 5.38. The van der Waals surface area contributed by atoms with Crippen LogP contribution in [0.3, 0.4) is 0 Å². The Morgan fingerprint density at radius 1 is 1.33 bits per heavy atom. The standard InChI is InChI=1S/C12H9ClN4O/c13-10-4-2-1-3-8(10)6-17-7-14-11-9(12(17)18)5-15-16-11/h1-5,7H,6H2,(H,15,16). The third kappa shape index (κ3) is 1.78. The highest BCUT2D eigenvalue weighted by Crippen LogP contribution is 2.15. The smallest absolute Gasteiger partial charge is 0.264 e. The summed E-state index contributed by atoms with van der Waals surface area (Å²) in [4.78, 5) is 16.2. The molecule has 0 spiro atoms. The van der Waals surface area contributed by atoms with Crippen molar-refractivity contribution in [2.75, 3.05) is 0 Å². The second-order valence-electron chi connectivity index (χ2n) is 3.89. The van der Waals surface area contributed by atoms with Crippen molar-refractivity contribution >= 4 is 22.6 Å². The monoisotopic (exact) mass is 260 g/mol. The minimum atomic E-state index is -0.131. The van der Waals surface area contributed by atoms with E-state index in [1.807, 2.05) is 18.2 Å². The lowest BCUT2D eigenvalue weighted by atomic mass is 10.2. The summed E-state index contributed by atoms with van der Waals surface area (Å²) >= 11 is 6.07. The molecule has 0 aliphatic rings. The van der Waals surface area contributed by atoms with Gasteiger partial charge in [0.05, 0.1) is 6.54 Å². The van der Waals surface area contributed by atoms with Crippen molar-refractivity contribution in [1.29, 1.82) is 0 Å². The quantitative estimate of drug-likeness (QED) is 0.764. The maximum Gasteiger partial charge on any atom is 0.264 e. The first-order chi connectivity index (χ1) is 8.75. The predicted molar refractivity (Wildman–Crippen MR) is 68.7 cm³/mol. The Morgan fingerprint density at radius 3 is 3.00 bits per heavy atom. The minimum Gasteiger partial charge on any atom is -0.294 e. The lowest BCUT2D eigenvalue weighted by molar-refractivity contribution is 0.748. The molecule has 0 saturated heterocycles. The highest BCUT2D eigenvalue weighted by atomic mass is 35.5. The molecule has 18 heavy (non-hydrogen) atoms. The average Bonchev–Trinajstić information content (AvgIpc) is 2.84. The van der Waals surface area contributed by atoms with E-state index < -0.39 is 0 Å². The van der Waals surface area contributed by atoms with Crippen molar-refractivity contribution < 1.29 is 0 Å². The van der Waals surface area contributed by atoms with E-state index in [2.05, 4.69) is 15.2 Å². The third-order valence-electron chi connectivity index (χ3n) is 2.73. The highest BCUT2D eigenvalue weighted by Gasteiger charge is 2.07. The Kier molecular flexibility index (Phi) is 2.60. The summed E-state index contributed by atoms with van der Waals surface area (Å²) in [7, 11) is 0. The number of hydrogen-bond donors (Lipinski definition) is 1. The average molecular weight is 261 g/mol. The molecule has 0 atom stereocenters. The van der Waals surface area contributed by atoms with Crippen LogP contribution in [0.4, 0.5) is 0 Å². The molecule has 0 aliphatic carbocycles. The number of H-pyrrole nitrogens is 1. The fraction of sp³-hybridized carbons (Fsp3) is 0.0833. The molecule has 90 valence electrons. The van der Waals surface area contributed by atoms with Gasteiger partial charge in [0.2, 0.25) is 0 Å². The van der Waals surface area contributed by atoms with E-state index in [4.69, 9.17) is 11.6 Å². The number of hydrogen-bond acceptors (Lipinski definition) is 3. The molecule has 2 aromatic heterocycles. The summed E-state index contributed by atoms with van der Waals surface area (Å²) < 4.78 is 1.51. The van der Waals surface area contributed by atoms with Crippen LogP contribution in [0.5, 0.6) is 0 Å². The number of fused-ring (bicyclic) bond motifs is 1. The molecule has 0 aliphatic heterocycles. The van der Waals surface area contributed by atoms with Crippen LogP contribution in [0.25, 0.3) is 11.0 Å². The summed E-state index contributed by atoms with van der Waals surface area (Å²) in [5, 5.41) is 7.61. The number of aromatic amines is 1. The molecule has 3 aromatic rings. The van der Waals surface area contributed by atoms with Crippen molar-refractivity contribution in [3.63, 3.8) is 0 Å². The van der Waals surface area contributed by atoms with Crippen LogP contribution in [0.1, 0.15) is 5.56 Å². The van der Waals surface area contributed by atoms with Gasteiger partial charge in [0.15, 0.2) is 5.65 Å². The summed E-state index contributed by atoms with van der Waals surface area (Å²) in [5.74, 6) is 0. The van der Waals surface area contributed by atoms with E-state index in [0.29, 0.717) is 22.6 Å². The zero-order chi connectivity index (χ0) is 12.5. The van der Waals surface area contributed by atoms with Gasteiger partial charge in [-0.2, -0.15) is 5.10 Å². The lowest BCUT2D eigenvalue weighted by Gasteiger charge is -2.06. The van der Waals surface area contributed by atoms with Gasteiger partial charge >= 0.3 is 0 Å². The Morgan fingerprint density at radius 2 is 2.17 bits per heavy atom. The second-order valence-corrected chi connectivity index (χ2v) is 4.30. The van der Waals surface area contributed by atoms with E-state index in [1.54, 1.807) is 12.3 Å². The van der Waals surface area contributed by atoms with Crippen molar-refractivity contribution in [3.05, 3.63) is 57.7 Å². The molecule has 6 heteroatoms. The Bertz CT molecular complexity index is 762. The molecule has 0 bridgehead atoms. The van der Waals surface area contributed by atoms with Crippen LogP contribution >= 0.6 is 11.6 Å². The molecule has 1 N–H and O–H groups in total. The van der Waals surface area contributed by atoms with E-state index in [-0.39, 0.29) is 5.56 Å². The van der Waals surface area contributed by atoms with Gasteiger partial charge in [-0.25, -0.2) is 4.98 Å². The van der Waals surface area contributed by atoms with Gasteiger partial charge in [-0.3, -0.25) is 14.5 Å². The normalized spacial score (nSPS) is 10.9.